The van der Waals surface area contributed by atoms with Crippen molar-refractivity contribution in [3.63, 3.8) is 0 Å². The molecule has 2 aromatic heterocycles. The van der Waals surface area contributed by atoms with Crippen LogP contribution >= 0.6 is 0 Å². The number of benzene rings is 2. The Kier molecular flexibility index (Phi) is 4.92. The molecule has 0 bridgehead atoms. The summed E-state index contributed by atoms with van der Waals surface area (Å²) in [5.74, 6) is 1.07. The number of anilines is 3. The number of hydrogen-bond acceptors (Lipinski definition) is 8. The molecule has 0 amide bonds. The molecule has 8 nitrogen and oxygen atoms in total. The van der Waals surface area contributed by atoms with Crippen LogP contribution in [-0.2, 0) is 6.18 Å². The molecule has 0 radical (unpaired) electrons. The first-order chi connectivity index (χ1) is 14.4. The van der Waals surface area contributed by atoms with E-state index in [2.05, 4.69) is 25.5 Å². The molecule has 0 fully saturated rings. The van der Waals surface area contributed by atoms with E-state index in [0.29, 0.717) is 17.2 Å². The van der Waals surface area contributed by atoms with Gasteiger partial charge in [0.1, 0.15) is 5.75 Å². The third-order valence-corrected chi connectivity index (χ3v) is 3.84. The molecule has 0 aliphatic rings. The molecule has 0 spiro atoms. The zero-order valence-electron chi connectivity index (χ0n) is 15.1. The van der Waals surface area contributed by atoms with Gasteiger partial charge in [-0.25, -0.2) is 4.98 Å². The van der Waals surface area contributed by atoms with Crippen LogP contribution in [0, 0.1) is 0 Å². The van der Waals surface area contributed by atoms with Gasteiger partial charge in [-0.3, -0.25) is 0 Å². The van der Waals surface area contributed by atoms with Gasteiger partial charge in [-0.05, 0) is 42.5 Å². The minimum Gasteiger partial charge on any atom is -0.439 e. The van der Waals surface area contributed by atoms with Crippen LogP contribution in [0.4, 0.5) is 30.8 Å². The van der Waals surface area contributed by atoms with Gasteiger partial charge in [-0.15, -0.1) is 5.10 Å². The maximum absolute atomic E-state index is 12.8. The van der Waals surface area contributed by atoms with Crippen molar-refractivity contribution in [3.05, 3.63) is 66.4 Å². The number of nitrogens with two attached hydrogens (primary N) is 1. The SMILES string of the molecule is Nc1nccc(Oc2ccc(-c3nnc(Nc4cccc(C(F)(F)F)c4)o3)cc2)n1. The molecule has 0 aliphatic carbocycles. The molecule has 11 heteroatoms. The number of halogens is 3. The Morgan fingerprint density at radius 1 is 1.00 bits per heavy atom. The zero-order valence-corrected chi connectivity index (χ0v) is 15.1. The normalized spacial score (nSPS) is 11.3. The van der Waals surface area contributed by atoms with Gasteiger partial charge >= 0.3 is 12.2 Å². The third-order valence-electron chi connectivity index (χ3n) is 3.84. The predicted molar refractivity (Wildman–Crippen MR) is 101 cm³/mol. The van der Waals surface area contributed by atoms with E-state index in [1.165, 1.54) is 18.3 Å². The largest absolute Gasteiger partial charge is 0.439 e. The van der Waals surface area contributed by atoms with Crippen LogP contribution in [0.5, 0.6) is 11.6 Å². The molecule has 152 valence electrons. The minimum atomic E-state index is -4.45. The van der Waals surface area contributed by atoms with Crippen molar-refractivity contribution in [1.82, 2.24) is 20.2 Å². The number of nitrogen functional groups attached to an aromatic ring is 1. The highest BCUT2D eigenvalue weighted by atomic mass is 19.4. The van der Waals surface area contributed by atoms with Gasteiger partial charge in [0.05, 0.1) is 5.56 Å². The lowest BCUT2D eigenvalue weighted by Gasteiger charge is -2.08. The fraction of sp³-hybridized carbons (Fsp3) is 0.0526. The van der Waals surface area contributed by atoms with Crippen molar-refractivity contribution in [1.29, 1.82) is 0 Å². The lowest BCUT2D eigenvalue weighted by Crippen LogP contribution is -2.05. The summed E-state index contributed by atoms with van der Waals surface area (Å²) in [4.78, 5) is 7.72. The van der Waals surface area contributed by atoms with E-state index in [1.807, 2.05) is 0 Å². The van der Waals surface area contributed by atoms with Crippen LogP contribution in [0.2, 0.25) is 0 Å². The van der Waals surface area contributed by atoms with Gasteiger partial charge in [0, 0.05) is 23.5 Å². The summed E-state index contributed by atoms with van der Waals surface area (Å²) in [6, 6.07) is 12.9. The summed E-state index contributed by atoms with van der Waals surface area (Å²) in [6.07, 6.45) is -2.97. The molecule has 0 unspecified atom stereocenters. The summed E-state index contributed by atoms with van der Waals surface area (Å²) in [5, 5.41) is 10.4. The molecule has 2 heterocycles. The number of hydrogen-bond donors (Lipinski definition) is 2. The standard InChI is InChI=1S/C19H13F3N6O2/c20-19(21,22)12-2-1-3-13(10-12)25-18-28-27-16(30-18)11-4-6-14(7-5-11)29-15-8-9-24-17(23)26-15/h1-10H,(H,25,28)(H2,23,24,26). The summed E-state index contributed by atoms with van der Waals surface area (Å²) in [6.45, 7) is 0. The molecule has 30 heavy (non-hydrogen) atoms. The quantitative estimate of drug-likeness (QED) is 0.485. The highest BCUT2D eigenvalue weighted by Crippen LogP contribution is 2.32. The Bertz CT molecular complexity index is 1160. The lowest BCUT2D eigenvalue weighted by atomic mass is 10.2. The van der Waals surface area contributed by atoms with Crippen LogP contribution < -0.4 is 15.8 Å². The highest BCUT2D eigenvalue weighted by Gasteiger charge is 2.30. The average Bonchev–Trinajstić information content (AvgIpc) is 3.17. The Hall–Kier alpha value is -4.15. The molecule has 3 N–H and O–H groups in total. The second kappa shape index (κ2) is 7.70. The van der Waals surface area contributed by atoms with Crippen LogP contribution in [-0.4, -0.2) is 20.2 Å². The molecule has 0 atom stereocenters. The molecule has 4 rings (SSSR count). The van der Waals surface area contributed by atoms with Gasteiger partial charge in [0.2, 0.25) is 17.7 Å². The van der Waals surface area contributed by atoms with Crippen LogP contribution in [0.25, 0.3) is 11.5 Å². The Morgan fingerprint density at radius 2 is 1.80 bits per heavy atom. The van der Waals surface area contributed by atoms with Crippen molar-refractivity contribution >= 4 is 17.7 Å². The van der Waals surface area contributed by atoms with Crippen molar-refractivity contribution in [2.24, 2.45) is 0 Å². The number of nitrogens with one attached hydrogen (secondary N) is 1. The van der Waals surface area contributed by atoms with Crippen molar-refractivity contribution in [2.45, 2.75) is 6.18 Å². The van der Waals surface area contributed by atoms with E-state index in [-0.39, 0.29) is 23.5 Å². The number of nitrogens with zero attached hydrogens (tertiary/aromatic N) is 4. The first kappa shape index (κ1) is 19.2. The topological polar surface area (TPSA) is 112 Å². The van der Waals surface area contributed by atoms with E-state index in [9.17, 15) is 13.2 Å². The minimum absolute atomic E-state index is 0.0406. The van der Waals surface area contributed by atoms with Gasteiger partial charge in [0.15, 0.2) is 0 Å². The molecule has 0 aliphatic heterocycles. The summed E-state index contributed by atoms with van der Waals surface area (Å²) >= 11 is 0. The lowest BCUT2D eigenvalue weighted by molar-refractivity contribution is -0.137. The Labute approximate surface area is 167 Å². The van der Waals surface area contributed by atoms with Crippen LogP contribution in [0.1, 0.15) is 5.56 Å². The predicted octanol–water partition coefficient (Wildman–Crippen LogP) is 4.66. The van der Waals surface area contributed by atoms with Gasteiger partial charge in [-0.2, -0.15) is 18.2 Å². The van der Waals surface area contributed by atoms with Crippen molar-refractivity contribution in [2.75, 3.05) is 11.1 Å². The van der Waals surface area contributed by atoms with Gasteiger partial charge in [-0.1, -0.05) is 11.2 Å². The van der Waals surface area contributed by atoms with Crippen LogP contribution in [0.3, 0.4) is 0 Å². The van der Waals surface area contributed by atoms with E-state index >= 15 is 0 Å². The number of ether oxygens (including phenoxy) is 1. The second-order valence-corrected chi connectivity index (χ2v) is 6.00. The molecule has 4 aromatic rings. The van der Waals surface area contributed by atoms with E-state index in [4.69, 9.17) is 14.9 Å². The first-order valence-corrected chi connectivity index (χ1v) is 8.51. The monoisotopic (exact) mass is 414 g/mol. The smallest absolute Gasteiger partial charge is 0.416 e. The first-order valence-electron chi connectivity index (χ1n) is 8.51. The third kappa shape index (κ3) is 4.46. The second-order valence-electron chi connectivity index (χ2n) is 6.00. The Balaban J connectivity index is 1.46. The molecule has 0 saturated carbocycles. The summed E-state index contributed by atoms with van der Waals surface area (Å²) < 4.78 is 49.5. The van der Waals surface area contributed by atoms with Crippen molar-refractivity contribution in [3.8, 4) is 23.1 Å². The number of aromatic nitrogens is 4. The van der Waals surface area contributed by atoms with Crippen molar-refractivity contribution < 1.29 is 22.3 Å². The maximum Gasteiger partial charge on any atom is 0.416 e. The fourth-order valence-corrected chi connectivity index (χ4v) is 2.49. The number of rotatable bonds is 5. The van der Waals surface area contributed by atoms with Gasteiger partial charge in [0.25, 0.3) is 0 Å². The Morgan fingerprint density at radius 3 is 2.53 bits per heavy atom. The van der Waals surface area contributed by atoms with E-state index in [0.717, 1.165) is 12.1 Å². The molecule has 0 saturated heterocycles. The molecular weight excluding hydrogens is 401 g/mol. The van der Waals surface area contributed by atoms with Gasteiger partial charge < -0.3 is 20.2 Å². The van der Waals surface area contributed by atoms with E-state index in [1.54, 1.807) is 30.3 Å². The molecule has 2 aromatic carbocycles. The zero-order chi connectivity index (χ0) is 21.1. The van der Waals surface area contributed by atoms with E-state index < -0.39 is 11.7 Å². The summed E-state index contributed by atoms with van der Waals surface area (Å²) in [5.41, 5.74) is 5.49. The number of alkyl halides is 3. The maximum atomic E-state index is 12.8. The fourth-order valence-electron chi connectivity index (χ4n) is 2.49. The average molecular weight is 414 g/mol. The summed E-state index contributed by atoms with van der Waals surface area (Å²) in [7, 11) is 0. The highest BCUT2D eigenvalue weighted by molar-refractivity contribution is 5.58. The molecular formula is C19H13F3N6O2. The van der Waals surface area contributed by atoms with Crippen LogP contribution in [0.15, 0.2) is 65.2 Å².